The summed E-state index contributed by atoms with van der Waals surface area (Å²) in [5, 5.41) is 0. The van der Waals surface area contributed by atoms with Gasteiger partial charge in [-0.3, -0.25) is 0 Å². The van der Waals surface area contributed by atoms with Crippen molar-refractivity contribution in [2.24, 2.45) is 0 Å². The molecule has 1 atom stereocenters. The molecule has 0 radical (unpaired) electrons. The average Bonchev–Trinajstić information content (AvgIpc) is 2.97. The average molecular weight is 277 g/mol. The number of ether oxygens (including phenoxy) is 1. The van der Waals surface area contributed by atoms with Crippen LogP contribution in [0.4, 0.5) is 5.69 Å². The van der Waals surface area contributed by atoms with Gasteiger partial charge in [-0.25, -0.2) is 0 Å². The Morgan fingerprint density at radius 1 is 1.00 bits per heavy atom. The molecule has 1 saturated heterocycles. The summed E-state index contributed by atoms with van der Waals surface area (Å²) in [5.41, 5.74) is 3.85. The molecule has 2 heterocycles. The monoisotopic (exact) mass is 277 g/mol. The largest absolute Gasteiger partial charge is 0.491 e. The number of fused-ring (bicyclic) bond motifs is 3. The van der Waals surface area contributed by atoms with Crippen LogP contribution in [0.15, 0.2) is 60.4 Å². The zero-order valence-electron chi connectivity index (χ0n) is 12.0. The van der Waals surface area contributed by atoms with Crippen molar-refractivity contribution >= 4 is 11.8 Å². The second kappa shape index (κ2) is 5.28. The van der Waals surface area contributed by atoms with E-state index >= 15 is 0 Å². The summed E-state index contributed by atoms with van der Waals surface area (Å²) >= 11 is 0. The van der Waals surface area contributed by atoms with Gasteiger partial charge in [0, 0.05) is 17.8 Å². The van der Waals surface area contributed by atoms with E-state index in [0.717, 1.165) is 12.3 Å². The first-order valence-electron chi connectivity index (χ1n) is 7.66. The van der Waals surface area contributed by atoms with Crippen molar-refractivity contribution in [1.29, 1.82) is 0 Å². The summed E-state index contributed by atoms with van der Waals surface area (Å²) in [4.78, 5) is 2.51. The summed E-state index contributed by atoms with van der Waals surface area (Å²) in [5.74, 6) is 1.11. The Morgan fingerprint density at radius 2 is 1.81 bits per heavy atom. The number of anilines is 1. The second-order valence-electron chi connectivity index (χ2n) is 5.73. The van der Waals surface area contributed by atoms with Crippen molar-refractivity contribution in [3.05, 3.63) is 71.5 Å². The van der Waals surface area contributed by atoms with E-state index in [2.05, 4.69) is 59.5 Å². The van der Waals surface area contributed by atoms with Crippen molar-refractivity contribution in [1.82, 2.24) is 0 Å². The van der Waals surface area contributed by atoms with Gasteiger partial charge in [0.05, 0.1) is 6.04 Å². The summed E-state index contributed by atoms with van der Waals surface area (Å²) < 4.78 is 6.17. The second-order valence-corrected chi connectivity index (χ2v) is 5.73. The van der Waals surface area contributed by atoms with Gasteiger partial charge in [0.1, 0.15) is 12.4 Å². The minimum Gasteiger partial charge on any atom is -0.491 e. The lowest BCUT2D eigenvalue weighted by atomic mass is 10.1. The number of hydrogen-bond donors (Lipinski definition) is 0. The quantitative estimate of drug-likeness (QED) is 0.773. The Kier molecular flexibility index (Phi) is 3.15. The van der Waals surface area contributed by atoms with E-state index in [1.54, 1.807) is 0 Å². The molecular formula is C19H19NO. The van der Waals surface area contributed by atoms with Gasteiger partial charge in [0.2, 0.25) is 0 Å². The zero-order chi connectivity index (χ0) is 14.1. The molecule has 2 aliphatic heterocycles. The van der Waals surface area contributed by atoms with Crippen molar-refractivity contribution in [3.63, 3.8) is 0 Å². The van der Waals surface area contributed by atoms with E-state index in [-0.39, 0.29) is 0 Å². The van der Waals surface area contributed by atoms with Gasteiger partial charge >= 0.3 is 0 Å². The molecule has 1 unspecified atom stereocenters. The fraction of sp³-hybridized carbons (Fsp3) is 0.263. The molecule has 2 aromatic carbocycles. The van der Waals surface area contributed by atoms with Crippen LogP contribution in [-0.2, 0) is 11.3 Å². The number of para-hydroxylation sites is 1. The van der Waals surface area contributed by atoms with Gasteiger partial charge in [0.15, 0.2) is 0 Å². The third-order valence-corrected chi connectivity index (χ3v) is 4.39. The van der Waals surface area contributed by atoms with Crippen LogP contribution in [0.5, 0.6) is 0 Å². The van der Waals surface area contributed by atoms with E-state index in [1.165, 1.54) is 29.7 Å². The first kappa shape index (κ1) is 12.5. The zero-order valence-corrected chi connectivity index (χ0v) is 12.0. The molecule has 0 bridgehead atoms. The highest BCUT2D eigenvalue weighted by Gasteiger charge is 2.32. The van der Waals surface area contributed by atoms with Crippen LogP contribution in [0, 0.1) is 0 Å². The predicted octanol–water partition coefficient (Wildman–Crippen LogP) is 4.23. The summed E-state index contributed by atoms with van der Waals surface area (Å²) in [6, 6.07) is 19.5. The van der Waals surface area contributed by atoms with Gasteiger partial charge in [0.25, 0.3) is 0 Å². The lowest BCUT2D eigenvalue weighted by Gasteiger charge is -2.26. The Labute approximate surface area is 125 Å². The number of benzene rings is 2. The lowest BCUT2D eigenvalue weighted by Crippen LogP contribution is -2.30. The molecule has 0 aliphatic carbocycles. The highest BCUT2D eigenvalue weighted by atomic mass is 16.5. The molecule has 21 heavy (non-hydrogen) atoms. The van der Waals surface area contributed by atoms with Crippen molar-refractivity contribution in [3.8, 4) is 0 Å². The fourth-order valence-corrected chi connectivity index (χ4v) is 3.37. The van der Waals surface area contributed by atoms with Gasteiger partial charge < -0.3 is 9.64 Å². The van der Waals surface area contributed by atoms with Crippen LogP contribution in [-0.4, -0.2) is 12.6 Å². The standard InChI is InChI=1S/C19H19NO/c1-2-7-15(8-3-1)13-19-18-11-6-12-20(18)17-10-5-4-9-16(17)14-21-19/h1-5,7-10,13,18H,6,11-12,14H2. The van der Waals surface area contributed by atoms with E-state index in [1.807, 2.05) is 6.07 Å². The molecule has 106 valence electrons. The Hall–Kier alpha value is -2.22. The highest BCUT2D eigenvalue weighted by Crippen LogP contribution is 2.36. The lowest BCUT2D eigenvalue weighted by molar-refractivity contribution is 0.190. The molecule has 0 amide bonds. The van der Waals surface area contributed by atoms with Crippen molar-refractivity contribution in [2.75, 3.05) is 11.4 Å². The SMILES string of the molecule is C(=C1OCc2ccccc2N2CCCC12)c1ccccc1. The number of hydrogen-bond acceptors (Lipinski definition) is 2. The van der Waals surface area contributed by atoms with Gasteiger partial charge in [-0.15, -0.1) is 0 Å². The first-order chi connectivity index (χ1) is 10.4. The smallest absolute Gasteiger partial charge is 0.119 e. The predicted molar refractivity (Wildman–Crippen MR) is 86.0 cm³/mol. The van der Waals surface area contributed by atoms with E-state index in [0.29, 0.717) is 12.6 Å². The Balaban J connectivity index is 1.74. The molecule has 2 aromatic rings. The van der Waals surface area contributed by atoms with Crippen LogP contribution in [0.2, 0.25) is 0 Å². The normalized spacial score (nSPS) is 22.4. The molecular weight excluding hydrogens is 258 g/mol. The van der Waals surface area contributed by atoms with E-state index in [9.17, 15) is 0 Å². The Morgan fingerprint density at radius 3 is 2.71 bits per heavy atom. The van der Waals surface area contributed by atoms with Crippen molar-refractivity contribution in [2.45, 2.75) is 25.5 Å². The van der Waals surface area contributed by atoms with Crippen LogP contribution >= 0.6 is 0 Å². The summed E-state index contributed by atoms with van der Waals surface area (Å²) in [6.07, 6.45) is 4.61. The van der Waals surface area contributed by atoms with Crippen LogP contribution in [0.3, 0.4) is 0 Å². The van der Waals surface area contributed by atoms with E-state index in [4.69, 9.17) is 4.74 Å². The molecule has 2 nitrogen and oxygen atoms in total. The molecule has 0 saturated carbocycles. The van der Waals surface area contributed by atoms with E-state index < -0.39 is 0 Å². The maximum atomic E-state index is 6.17. The van der Waals surface area contributed by atoms with Crippen LogP contribution in [0.1, 0.15) is 24.0 Å². The fourth-order valence-electron chi connectivity index (χ4n) is 3.37. The molecule has 1 fully saturated rings. The molecule has 0 N–H and O–H groups in total. The molecule has 2 aliphatic rings. The van der Waals surface area contributed by atoms with Gasteiger partial charge in [-0.2, -0.15) is 0 Å². The van der Waals surface area contributed by atoms with Crippen LogP contribution < -0.4 is 4.90 Å². The third kappa shape index (κ3) is 2.31. The minimum atomic E-state index is 0.383. The van der Waals surface area contributed by atoms with Crippen LogP contribution in [0.25, 0.3) is 6.08 Å². The van der Waals surface area contributed by atoms with Gasteiger partial charge in [-0.05, 0) is 30.5 Å². The first-order valence-corrected chi connectivity index (χ1v) is 7.66. The topological polar surface area (TPSA) is 12.5 Å². The highest BCUT2D eigenvalue weighted by molar-refractivity contribution is 5.61. The molecule has 2 heteroatoms. The summed E-state index contributed by atoms with van der Waals surface area (Å²) in [7, 11) is 0. The number of nitrogens with zero attached hydrogens (tertiary/aromatic N) is 1. The van der Waals surface area contributed by atoms with Crippen molar-refractivity contribution < 1.29 is 4.74 Å². The number of rotatable bonds is 1. The molecule has 0 aromatic heterocycles. The minimum absolute atomic E-state index is 0.383. The maximum absolute atomic E-state index is 6.17. The van der Waals surface area contributed by atoms with Gasteiger partial charge in [-0.1, -0.05) is 48.5 Å². The third-order valence-electron chi connectivity index (χ3n) is 4.39. The Bertz CT molecular complexity index is 662. The molecule has 0 spiro atoms. The summed E-state index contributed by atoms with van der Waals surface area (Å²) in [6.45, 7) is 1.79. The molecule has 4 rings (SSSR count). The maximum Gasteiger partial charge on any atom is 0.119 e.